The van der Waals surface area contributed by atoms with Gasteiger partial charge < -0.3 is 4.80 Å². The molecule has 0 spiro atoms. The molecule has 0 saturated carbocycles. The fourth-order valence-corrected chi connectivity index (χ4v) is 2.87. The van der Waals surface area contributed by atoms with Crippen LogP contribution >= 0.6 is 0 Å². The molecule has 0 atom stereocenters. The maximum Gasteiger partial charge on any atom is 0.233 e. The van der Waals surface area contributed by atoms with Crippen LogP contribution in [0.3, 0.4) is 0 Å². The van der Waals surface area contributed by atoms with E-state index in [4.69, 9.17) is 0 Å². The Hall–Kier alpha value is -2.31. The summed E-state index contributed by atoms with van der Waals surface area (Å²) < 4.78 is 1.73. The molecule has 6 heteroatoms. The Bertz CT molecular complexity index is 732. The molecule has 0 radical (unpaired) electrons. The minimum absolute atomic E-state index is 0.774. The van der Waals surface area contributed by atoms with Crippen molar-refractivity contribution in [3.05, 3.63) is 55.0 Å². The second-order valence-corrected chi connectivity index (χ2v) is 8.95. The average molecular weight is 296 g/mol. The molecule has 0 bridgehead atoms. The highest BCUT2D eigenvalue weighted by Gasteiger charge is 2.21. The normalized spacial score (nSPS) is 11.6. The van der Waals surface area contributed by atoms with E-state index < -0.39 is 8.32 Å². The molecule has 0 aliphatic carbocycles. The van der Waals surface area contributed by atoms with Gasteiger partial charge in [0, 0.05) is 24.2 Å². The second-order valence-electron chi connectivity index (χ2n) is 5.32. The molecule has 3 aromatic rings. The summed E-state index contributed by atoms with van der Waals surface area (Å²) in [5, 5.41) is 5.28. The fourth-order valence-electron chi connectivity index (χ4n) is 2.00. The van der Waals surface area contributed by atoms with Gasteiger partial charge in [-0.1, -0.05) is 6.07 Å². The lowest BCUT2D eigenvalue weighted by molar-refractivity contribution is 0.567. The van der Waals surface area contributed by atoms with Crippen molar-refractivity contribution in [1.82, 2.24) is 19.7 Å². The van der Waals surface area contributed by atoms with Crippen LogP contribution in [0.15, 0.2) is 55.0 Å². The number of aromatic nitrogens is 4. The molecule has 0 unspecified atom stereocenters. The zero-order valence-electron chi connectivity index (χ0n) is 11.9. The van der Waals surface area contributed by atoms with Crippen molar-refractivity contribution in [2.45, 2.75) is 13.1 Å². The predicted molar refractivity (Wildman–Crippen MR) is 83.9 cm³/mol. The minimum atomic E-state index is -2.35. The zero-order valence-corrected chi connectivity index (χ0v) is 12.9. The van der Waals surface area contributed by atoms with Gasteiger partial charge in [-0.2, -0.15) is 5.10 Å². The molecular formula is C15H16N4OSi. The molecule has 0 aromatic carbocycles. The van der Waals surface area contributed by atoms with E-state index in [0.29, 0.717) is 0 Å². The van der Waals surface area contributed by atoms with E-state index >= 15 is 0 Å². The van der Waals surface area contributed by atoms with Crippen molar-refractivity contribution in [2.24, 2.45) is 0 Å². The number of hydrogen-bond acceptors (Lipinski definition) is 4. The summed E-state index contributed by atoms with van der Waals surface area (Å²) in [6.45, 7) is 3.70. The first kappa shape index (κ1) is 13.7. The first-order chi connectivity index (χ1) is 10.0. The molecule has 0 amide bonds. The lowest BCUT2D eigenvalue weighted by Gasteiger charge is -2.12. The van der Waals surface area contributed by atoms with E-state index in [1.54, 1.807) is 17.1 Å². The van der Waals surface area contributed by atoms with Gasteiger partial charge in [0.25, 0.3) is 0 Å². The molecule has 106 valence electrons. The lowest BCUT2D eigenvalue weighted by Crippen LogP contribution is -2.43. The summed E-state index contributed by atoms with van der Waals surface area (Å²) in [5.41, 5.74) is 1.75. The van der Waals surface area contributed by atoms with Crippen LogP contribution in [0.2, 0.25) is 13.1 Å². The van der Waals surface area contributed by atoms with Crippen molar-refractivity contribution in [3.8, 4) is 17.1 Å². The van der Waals surface area contributed by atoms with Crippen molar-refractivity contribution in [1.29, 1.82) is 0 Å². The van der Waals surface area contributed by atoms with Crippen LogP contribution in [0.4, 0.5) is 0 Å². The SMILES string of the molecule is C[Si](C)(O)c1ccc(-c2ccn(-c3ccccn3)n2)cn1. The third kappa shape index (κ3) is 2.91. The molecule has 0 saturated heterocycles. The van der Waals surface area contributed by atoms with E-state index in [-0.39, 0.29) is 0 Å². The predicted octanol–water partition coefficient (Wildman–Crippen LogP) is 1.73. The average Bonchev–Trinajstić information content (AvgIpc) is 2.97. The maximum absolute atomic E-state index is 10.1. The van der Waals surface area contributed by atoms with Gasteiger partial charge in [-0.25, -0.2) is 9.67 Å². The number of rotatable bonds is 3. The Balaban J connectivity index is 1.90. The molecule has 21 heavy (non-hydrogen) atoms. The minimum Gasteiger partial charge on any atom is -0.426 e. The fraction of sp³-hybridized carbons (Fsp3) is 0.133. The Morgan fingerprint density at radius 3 is 2.52 bits per heavy atom. The van der Waals surface area contributed by atoms with Gasteiger partial charge in [-0.05, 0) is 43.4 Å². The van der Waals surface area contributed by atoms with Crippen LogP contribution in [0.1, 0.15) is 0 Å². The standard InChI is InChI=1S/C15H16N4OSi/c1-21(2,20)15-7-6-12(11-17-15)13-8-10-19(18-13)14-5-3-4-9-16-14/h3-11,20H,1-2H3. The van der Waals surface area contributed by atoms with Crippen molar-refractivity contribution in [3.63, 3.8) is 0 Å². The number of hydrogen-bond donors (Lipinski definition) is 1. The molecule has 3 aromatic heterocycles. The van der Waals surface area contributed by atoms with Crippen LogP contribution in [0.5, 0.6) is 0 Å². The second kappa shape index (κ2) is 5.23. The van der Waals surface area contributed by atoms with E-state index in [0.717, 1.165) is 22.4 Å². The van der Waals surface area contributed by atoms with Gasteiger partial charge in [0.05, 0.1) is 11.0 Å². The Morgan fingerprint density at radius 1 is 1.05 bits per heavy atom. The van der Waals surface area contributed by atoms with Crippen LogP contribution < -0.4 is 5.32 Å². The zero-order chi connectivity index (χ0) is 14.9. The highest BCUT2D eigenvalue weighted by atomic mass is 28.4. The molecule has 1 N–H and O–H groups in total. The first-order valence-corrected chi connectivity index (χ1v) is 9.65. The van der Waals surface area contributed by atoms with Gasteiger partial charge in [-0.15, -0.1) is 0 Å². The molecule has 5 nitrogen and oxygen atoms in total. The van der Waals surface area contributed by atoms with E-state index in [1.807, 2.05) is 55.7 Å². The van der Waals surface area contributed by atoms with E-state index in [2.05, 4.69) is 15.1 Å². The number of nitrogens with zero attached hydrogens (tertiary/aromatic N) is 4. The summed E-state index contributed by atoms with van der Waals surface area (Å²) in [4.78, 5) is 18.7. The largest absolute Gasteiger partial charge is 0.426 e. The molecule has 3 rings (SSSR count). The quantitative estimate of drug-likeness (QED) is 0.748. The highest BCUT2D eigenvalue weighted by Crippen LogP contribution is 2.16. The molecule has 3 heterocycles. The van der Waals surface area contributed by atoms with E-state index in [9.17, 15) is 4.80 Å². The molecule has 0 fully saturated rings. The van der Waals surface area contributed by atoms with Gasteiger partial charge >= 0.3 is 0 Å². The van der Waals surface area contributed by atoms with Crippen LogP contribution in [0, 0.1) is 0 Å². The van der Waals surface area contributed by atoms with Gasteiger partial charge in [0.2, 0.25) is 8.32 Å². The molecule has 0 aliphatic rings. The maximum atomic E-state index is 10.1. The monoisotopic (exact) mass is 296 g/mol. The van der Waals surface area contributed by atoms with Crippen LogP contribution in [-0.2, 0) is 0 Å². The summed E-state index contributed by atoms with van der Waals surface area (Å²) in [5.74, 6) is 0.775. The summed E-state index contributed by atoms with van der Waals surface area (Å²) in [6.07, 6.45) is 5.36. The van der Waals surface area contributed by atoms with Crippen LogP contribution in [-0.4, -0.2) is 32.9 Å². The lowest BCUT2D eigenvalue weighted by atomic mass is 10.2. The summed E-state index contributed by atoms with van der Waals surface area (Å²) in [6, 6.07) is 11.4. The third-order valence-corrected chi connectivity index (χ3v) is 4.71. The van der Waals surface area contributed by atoms with Gasteiger partial charge in [0.15, 0.2) is 5.82 Å². The first-order valence-electron chi connectivity index (χ1n) is 6.70. The summed E-state index contributed by atoms with van der Waals surface area (Å²) >= 11 is 0. The smallest absolute Gasteiger partial charge is 0.233 e. The Morgan fingerprint density at radius 2 is 1.90 bits per heavy atom. The highest BCUT2D eigenvalue weighted by molar-refractivity contribution is 6.82. The molecule has 0 aliphatic heterocycles. The summed E-state index contributed by atoms with van der Waals surface area (Å²) in [7, 11) is -2.35. The van der Waals surface area contributed by atoms with Gasteiger partial charge in [-0.3, -0.25) is 4.98 Å². The van der Waals surface area contributed by atoms with Gasteiger partial charge in [0.1, 0.15) is 0 Å². The van der Waals surface area contributed by atoms with Crippen molar-refractivity contribution < 1.29 is 4.80 Å². The van der Waals surface area contributed by atoms with Crippen LogP contribution in [0.25, 0.3) is 17.1 Å². The Kier molecular flexibility index (Phi) is 3.40. The topological polar surface area (TPSA) is 63.8 Å². The third-order valence-electron chi connectivity index (χ3n) is 3.16. The van der Waals surface area contributed by atoms with Crippen molar-refractivity contribution >= 4 is 13.6 Å². The molecular weight excluding hydrogens is 280 g/mol. The number of pyridine rings is 2. The van der Waals surface area contributed by atoms with E-state index in [1.165, 1.54) is 0 Å². The van der Waals surface area contributed by atoms with Crippen molar-refractivity contribution in [2.75, 3.05) is 0 Å². The Labute approximate surface area is 124 Å².